The number of rotatable bonds is 5. The second-order valence-electron chi connectivity index (χ2n) is 4.57. The lowest BCUT2D eigenvalue weighted by molar-refractivity contribution is 0.580. The summed E-state index contributed by atoms with van der Waals surface area (Å²) in [5.41, 5.74) is 1.91. The van der Waals surface area contributed by atoms with E-state index in [1.165, 1.54) is 12.1 Å². The lowest BCUT2D eigenvalue weighted by Crippen LogP contribution is -2.21. The minimum absolute atomic E-state index is 0.223. The topological polar surface area (TPSA) is 42.7 Å². The lowest BCUT2D eigenvalue weighted by Gasteiger charge is -2.04. The standard InChI is InChI=1S/C13H17FN4/c1-10(2)15-7-13-9-18(17-16-13)8-11-3-5-12(14)6-4-11/h3-6,9-10,15H,7-8H2,1-2H3. The van der Waals surface area contributed by atoms with Crippen molar-refractivity contribution in [1.82, 2.24) is 20.3 Å². The summed E-state index contributed by atoms with van der Waals surface area (Å²) in [4.78, 5) is 0. The van der Waals surface area contributed by atoms with Crippen molar-refractivity contribution in [3.63, 3.8) is 0 Å². The monoisotopic (exact) mass is 248 g/mol. The third-order valence-electron chi connectivity index (χ3n) is 2.54. The zero-order valence-electron chi connectivity index (χ0n) is 10.6. The third kappa shape index (κ3) is 3.63. The van der Waals surface area contributed by atoms with Crippen LogP contribution < -0.4 is 5.32 Å². The second kappa shape index (κ2) is 5.73. The first-order valence-electron chi connectivity index (χ1n) is 6.00. The maximum Gasteiger partial charge on any atom is 0.123 e. The molecule has 0 atom stereocenters. The van der Waals surface area contributed by atoms with E-state index in [2.05, 4.69) is 29.5 Å². The van der Waals surface area contributed by atoms with E-state index in [1.807, 2.05) is 6.20 Å². The van der Waals surface area contributed by atoms with Gasteiger partial charge in [0.2, 0.25) is 0 Å². The van der Waals surface area contributed by atoms with Crippen molar-refractivity contribution >= 4 is 0 Å². The smallest absolute Gasteiger partial charge is 0.123 e. The molecule has 1 aromatic carbocycles. The van der Waals surface area contributed by atoms with Crippen molar-refractivity contribution in [3.8, 4) is 0 Å². The molecule has 0 unspecified atom stereocenters. The van der Waals surface area contributed by atoms with Gasteiger partial charge in [-0.3, -0.25) is 0 Å². The Hall–Kier alpha value is -1.75. The molecule has 2 aromatic rings. The number of halogens is 1. The molecule has 0 saturated heterocycles. The predicted molar refractivity (Wildman–Crippen MR) is 67.5 cm³/mol. The molecule has 0 bridgehead atoms. The maximum atomic E-state index is 12.8. The van der Waals surface area contributed by atoms with Gasteiger partial charge in [-0.2, -0.15) is 0 Å². The van der Waals surface area contributed by atoms with Crippen molar-refractivity contribution in [2.45, 2.75) is 33.0 Å². The molecule has 0 saturated carbocycles. The van der Waals surface area contributed by atoms with Crippen molar-refractivity contribution in [1.29, 1.82) is 0 Å². The zero-order valence-corrected chi connectivity index (χ0v) is 10.6. The Labute approximate surface area is 106 Å². The average Bonchev–Trinajstić information content (AvgIpc) is 2.77. The molecule has 2 rings (SSSR count). The zero-order chi connectivity index (χ0) is 13.0. The maximum absolute atomic E-state index is 12.8. The highest BCUT2D eigenvalue weighted by molar-refractivity contribution is 5.16. The number of hydrogen-bond donors (Lipinski definition) is 1. The number of aromatic nitrogens is 3. The first-order chi connectivity index (χ1) is 8.63. The van der Waals surface area contributed by atoms with E-state index in [4.69, 9.17) is 0 Å². The minimum atomic E-state index is -0.223. The van der Waals surface area contributed by atoms with Gasteiger partial charge in [0.15, 0.2) is 0 Å². The Morgan fingerprint density at radius 3 is 2.67 bits per heavy atom. The molecule has 0 fully saturated rings. The molecule has 0 radical (unpaired) electrons. The quantitative estimate of drug-likeness (QED) is 0.879. The number of nitrogens with one attached hydrogen (secondary N) is 1. The van der Waals surface area contributed by atoms with Crippen molar-refractivity contribution in [2.24, 2.45) is 0 Å². The Bertz CT molecular complexity index is 490. The molecule has 0 aliphatic carbocycles. The average molecular weight is 248 g/mol. The van der Waals surface area contributed by atoms with Gasteiger partial charge in [0.1, 0.15) is 5.82 Å². The third-order valence-corrected chi connectivity index (χ3v) is 2.54. The van der Waals surface area contributed by atoms with E-state index < -0.39 is 0 Å². The first-order valence-corrected chi connectivity index (χ1v) is 6.00. The molecule has 0 amide bonds. The van der Waals surface area contributed by atoms with Gasteiger partial charge in [-0.05, 0) is 17.7 Å². The fraction of sp³-hybridized carbons (Fsp3) is 0.385. The molecule has 4 nitrogen and oxygen atoms in total. The summed E-state index contributed by atoms with van der Waals surface area (Å²) in [7, 11) is 0. The Morgan fingerprint density at radius 1 is 1.28 bits per heavy atom. The lowest BCUT2D eigenvalue weighted by atomic mass is 10.2. The molecule has 0 spiro atoms. The normalized spacial score (nSPS) is 11.1. The predicted octanol–water partition coefficient (Wildman–Crippen LogP) is 1.96. The van der Waals surface area contributed by atoms with Gasteiger partial charge in [-0.25, -0.2) is 9.07 Å². The van der Waals surface area contributed by atoms with E-state index in [9.17, 15) is 4.39 Å². The molecule has 1 N–H and O–H groups in total. The van der Waals surface area contributed by atoms with Gasteiger partial charge in [-0.15, -0.1) is 5.10 Å². The summed E-state index contributed by atoms with van der Waals surface area (Å²) in [6.45, 7) is 5.49. The highest BCUT2D eigenvalue weighted by atomic mass is 19.1. The summed E-state index contributed by atoms with van der Waals surface area (Å²) < 4.78 is 14.5. The SMILES string of the molecule is CC(C)NCc1cn(Cc2ccc(F)cc2)nn1. The van der Waals surface area contributed by atoms with Crippen LogP contribution in [0.15, 0.2) is 30.5 Å². The highest BCUT2D eigenvalue weighted by Crippen LogP contribution is 2.05. The number of benzene rings is 1. The molecule has 0 aliphatic rings. The molecule has 5 heteroatoms. The molecule has 0 aliphatic heterocycles. The van der Waals surface area contributed by atoms with E-state index in [-0.39, 0.29) is 5.82 Å². The van der Waals surface area contributed by atoms with Crippen LogP contribution in [0.5, 0.6) is 0 Å². The van der Waals surface area contributed by atoms with Crippen LogP contribution in [0.25, 0.3) is 0 Å². The van der Waals surface area contributed by atoms with Crippen LogP contribution in [0, 0.1) is 5.82 Å². The van der Waals surface area contributed by atoms with Gasteiger partial charge in [-0.1, -0.05) is 31.2 Å². The first kappa shape index (κ1) is 12.7. The van der Waals surface area contributed by atoms with E-state index in [0.29, 0.717) is 19.1 Å². The fourth-order valence-electron chi connectivity index (χ4n) is 1.58. The van der Waals surface area contributed by atoms with Crippen LogP contribution in [0.3, 0.4) is 0 Å². The summed E-state index contributed by atoms with van der Waals surface area (Å²) in [6, 6.07) is 6.83. The molecule has 1 aromatic heterocycles. The molecular weight excluding hydrogens is 231 g/mol. The minimum Gasteiger partial charge on any atom is -0.309 e. The highest BCUT2D eigenvalue weighted by Gasteiger charge is 2.02. The van der Waals surface area contributed by atoms with Gasteiger partial charge < -0.3 is 5.32 Å². The van der Waals surface area contributed by atoms with Crippen molar-refractivity contribution < 1.29 is 4.39 Å². The second-order valence-corrected chi connectivity index (χ2v) is 4.57. The number of hydrogen-bond acceptors (Lipinski definition) is 3. The number of nitrogens with zero attached hydrogens (tertiary/aromatic N) is 3. The molecular formula is C13H17FN4. The van der Waals surface area contributed by atoms with Crippen LogP contribution in [0.1, 0.15) is 25.1 Å². The summed E-state index contributed by atoms with van der Waals surface area (Å²) >= 11 is 0. The fourth-order valence-corrected chi connectivity index (χ4v) is 1.58. The van der Waals surface area contributed by atoms with Crippen LogP contribution in [0.4, 0.5) is 4.39 Å². The summed E-state index contributed by atoms with van der Waals surface area (Å²) in [5.74, 6) is -0.223. The molecule has 96 valence electrons. The Morgan fingerprint density at radius 2 is 2.00 bits per heavy atom. The molecule has 1 heterocycles. The van der Waals surface area contributed by atoms with Gasteiger partial charge in [0.25, 0.3) is 0 Å². The summed E-state index contributed by atoms with van der Waals surface area (Å²) in [5, 5.41) is 11.4. The van der Waals surface area contributed by atoms with Gasteiger partial charge >= 0.3 is 0 Å². The van der Waals surface area contributed by atoms with Gasteiger partial charge in [0, 0.05) is 12.6 Å². The largest absolute Gasteiger partial charge is 0.309 e. The van der Waals surface area contributed by atoms with Crippen LogP contribution >= 0.6 is 0 Å². The van der Waals surface area contributed by atoms with Crippen molar-refractivity contribution in [3.05, 3.63) is 47.5 Å². The van der Waals surface area contributed by atoms with E-state index >= 15 is 0 Å². The Kier molecular flexibility index (Phi) is 4.04. The van der Waals surface area contributed by atoms with Crippen LogP contribution in [0.2, 0.25) is 0 Å². The Balaban J connectivity index is 1.95. The van der Waals surface area contributed by atoms with Crippen molar-refractivity contribution in [2.75, 3.05) is 0 Å². The summed E-state index contributed by atoms with van der Waals surface area (Å²) in [6.07, 6.45) is 1.90. The van der Waals surface area contributed by atoms with Crippen LogP contribution in [-0.2, 0) is 13.1 Å². The van der Waals surface area contributed by atoms with E-state index in [0.717, 1.165) is 11.3 Å². The van der Waals surface area contributed by atoms with Crippen LogP contribution in [-0.4, -0.2) is 21.0 Å². The van der Waals surface area contributed by atoms with E-state index in [1.54, 1.807) is 16.8 Å². The molecule has 18 heavy (non-hydrogen) atoms. The van der Waals surface area contributed by atoms with Gasteiger partial charge in [0.05, 0.1) is 18.4 Å².